The van der Waals surface area contributed by atoms with Gasteiger partial charge in [-0.25, -0.2) is 4.79 Å². The normalized spacial score (nSPS) is 13.6. The molecule has 0 saturated carbocycles. The molecule has 18 heavy (non-hydrogen) atoms. The van der Waals surface area contributed by atoms with E-state index >= 15 is 0 Å². The molecule has 1 aliphatic rings. The van der Waals surface area contributed by atoms with E-state index in [1.165, 1.54) is 0 Å². The minimum atomic E-state index is -0.428. The molecule has 90 valence electrons. The third-order valence-corrected chi connectivity index (χ3v) is 3.11. The van der Waals surface area contributed by atoms with Crippen LogP contribution in [0.25, 0.3) is 21.9 Å². The highest BCUT2D eigenvalue weighted by atomic mass is 16.7. The van der Waals surface area contributed by atoms with E-state index in [1.54, 1.807) is 12.1 Å². The Morgan fingerprint density at radius 3 is 2.72 bits per heavy atom. The summed E-state index contributed by atoms with van der Waals surface area (Å²) in [7, 11) is 0. The van der Waals surface area contributed by atoms with Gasteiger partial charge in [0.1, 0.15) is 0 Å². The van der Waals surface area contributed by atoms with Crippen LogP contribution in [0.5, 0.6) is 11.5 Å². The van der Waals surface area contributed by atoms with Gasteiger partial charge in [0.2, 0.25) is 12.5 Å². The van der Waals surface area contributed by atoms with Crippen molar-refractivity contribution < 1.29 is 13.9 Å². The smallest absolute Gasteiger partial charge is 0.345 e. The highest BCUT2D eigenvalue weighted by Gasteiger charge is 2.19. The second kappa shape index (κ2) is 3.04. The van der Waals surface area contributed by atoms with Gasteiger partial charge in [0.15, 0.2) is 11.5 Å². The molecule has 6 nitrogen and oxygen atoms in total. The summed E-state index contributed by atoms with van der Waals surface area (Å²) in [5.74, 6) is 1.20. The second-order valence-corrected chi connectivity index (χ2v) is 4.17. The minimum absolute atomic E-state index is 0.171. The van der Waals surface area contributed by atoms with E-state index < -0.39 is 5.63 Å². The molecule has 6 heteroatoms. The van der Waals surface area contributed by atoms with Crippen molar-refractivity contribution in [2.75, 3.05) is 6.79 Å². The average molecular weight is 244 g/mol. The van der Waals surface area contributed by atoms with Crippen molar-refractivity contribution in [3.63, 3.8) is 0 Å². The third-order valence-electron chi connectivity index (χ3n) is 3.11. The molecule has 0 unspecified atom stereocenters. The fourth-order valence-corrected chi connectivity index (χ4v) is 2.26. The zero-order valence-corrected chi connectivity index (χ0v) is 9.44. The van der Waals surface area contributed by atoms with E-state index in [0.29, 0.717) is 22.6 Å². The van der Waals surface area contributed by atoms with Crippen molar-refractivity contribution in [2.24, 2.45) is 0 Å². The Kier molecular flexibility index (Phi) is 1.61. The lowest BCUT2D eigenvalue weighted by Gasteiger charge is -2.01. The van der Waals surface area contributed by atoms with Crippen molar-refractivity contribution in [1.29, 1.82) is 0 Å². The number of aryl methyl sites for hydroxylation is 1. The van der Waals surface area contributed by atoms with Crippen LogP contribution in [0.4, 0.5) is 0 Å². The molecule has 0 radical (unpaired) electrons. The lowest BCUT2D eigenvalue weighted by Crippen LogP contribution is -1.99. The standard InChI is InChI=1S/C12H8N2O4/c1-5-10-6-2-8-9(17-4-16-8)3-7(6)12(15)18-11(10)14-13-5/h2-3H,4H2,1H3,(H,13,14). The number of nitrogens with one attached hydrogen (secondary N) is 1. The summed E-state index contributed by atoms with van der Waals surface area (Å²) in [6.07, 6.45) is 0. The first-order valence-corrected chi connectivity index (χ1v) is 5.45. The van der Waals surface area contributed by atoms with Gasteiger partial charge in [-0.2, -0.15) is 0 Å². The Balaban J connectivity index is 2.29. The number of H-pyrrole nitrogens is 1. The first-order chi connectivity index (χ1) is 8.74. The van der Waals surface area contributed by atoms with Crippen LogP contribution in [0.15, 0.2) is 21.3 Å². The van der Waals surface area contributed by atoms with Crippen LogP contribution in [0.3, 0.4) is 0 Å². The highest BCUT2D eigenvalue weighted by molar-refractivity contribution is 6.05. The molecule has 1 aromatic carbocycles. The van der Waals surface area contributed by atoms with E-state index in [1.807, 2.05) is 6.92 Å². The fraction of sp³-hybridized carbons (Fsp3) is 0.167. The number of hydrogen-bond donors (Lipinski definition) is 1. The summed E-state index contributed by atoms with van der Waals surface area (Å²) in [6.45, 7) is 2.05. The molecule has 0 spiro atoms. The first kappa shape index (κ1) is 9.52. The molecule has 0 bridgehead atoms. The van der Waals surface area contributed by atoms with Crippen LogP contribution in [-0.2, 0) is 0 Å². The van der Waals surface area contributed by atoms with Crippen LogP contribution in [0.2, 0.25) is 0 Å². The molecule has 1 N–H and O–H groups in total. The van der Waals surface area contributed by atoms with Crippen LogP contribution < -0.4 is 15.1 Å². The van der Waals surface area contributed by atoms with Crippen LogP contribution >= 0.6 is 0 Å². The number of benzene rings is 1. The van der Waals surface area contributed by atoms with Gasteiger partial charge < -0.3 is 13.9 Å². The molecule has 2 aromatic heterocycles. The summed E-state index contributed by atoms with van der Waals surface area (Å²) in [6, 6.07) is 3.44. The monoisotopic (exact) mass is 244 g/mol. The topological polar surface area (TPSA) is 77.4 Å². The number of aromatic nitrogens is 2. The maximum absolute atomic E-state index is 11.9. The molecular formula is C12H8N2O4. The van der Waals surface area contributed by atoms with Gasteiger partial charge in [0.25, 0.3) is 0 Å². The first-order valence-electron chi connectivity index (χ1n) is 5.45. The van der Waals surface area contributed by atoms with Crippen molar-refractivity contribution in [2.45, 2.75) is 6.92 Å². The molecule has 3 heterocycles. The van der Waals surface area contributed by atoms with Gasteiger partial charge in [-0.3, -0.25) is 5.10 Å². The number of hydrogen-bond acceptors (Lipinski definition) is 5. The number of rotatable bonds is 0. The lowest BCUT2D eigenvalue weighted by atomic mass is 10.1. The minimum Gasteiger partial charge on any atom is -0.454 e. The van der Waals surface area contributed by atoms with E-state index in [-0.39, 0.29) is 6.79 Å². The molecule has 0 fully saturated rings. The second-order valence-electron chi connectivity index (χ2n) is 4.17. The molecule has 0 amide bonds. The fourth-order valence-electron chi connectivity index (χ4n) is 2.26. The molecule has 0 saturated heterocycles. The van der Waals surface area contributed by atoms with Crippen molar-refractivity contribution >= 4 is 21.9 Å². The summed E-state index contributed by atoms with van der Waals surface area (Å²) < 4.78 is 15.7. The van der Waals surface area contributed by atoms with Crippen LogP contribution in [0.1, 0.15) is 5.69 Å². The summed E-state index contributed by atoms with van der Waals surface area (Å²) in [4.78, 5) is 11.9. The maximum Gasteiger partial charge on any atom is 0.345 e. The number of fused-ring (bicyclic) bond motifs is 4. The van der Waals surface area contributed by atoms with E-state index in [9.17, 15) is 4.79 Å². The Hall–Kier alpha value is -2.50. The predicted octanol–water partition coefficient (Wildman–Crippen LogP) is 1.71. The summed E-state index contributed by atoms with van der Waals surface area (Å²) >= 11 is 0. The summed E-state index contributed by atoms with van der Waals surface area (Å²) in [5, 5.41) is 8.79. The predicted molar refractivity (Wildman–Crippen MR) is 63.0 cm³/mol. The molecule has 1 aliphatic heterocycles. The maximum atomic E-state index is 11.9. The van der Waals surface area contributed by atoms with Crippen LogP contribution in [-0.4, -0.2) is 17.0 Å². The zero-order chi connectivity index (χ0) is 12.3. The molecule has 4 rings (SSSR count). The van der Waals surface area contributed by atoms with Gasteiger partial charge >= 0.3 is 5.63 Å². The van der Waals surface area contributed by atoms with Gasteiger partial charge in [0, 0.05) is 11.1 Å². The Labute approximate surface area is 100 Å². The highest BCUT2D eigenvalue weighted by Crippen LogP contribution is 2.37. The van der Waals surface area contributed by atoms with Gasteiger partial charge in [-0.15, -0.1) is 5.10 Å². The quantitative estimate of drug-likeness (QED) is 0.651. The Morgan fingerprint density at radius 2 is 1.94 bits per heavy atom. The van der Waals surface area contributed by atoms with Crippen LogP contribution in [0, 0.1) is 6.92 Å². The van der Waals surface area contributed by atoms with Gasteiger partial charge in [-0.1, -0.05) is 0 Å². The number of ether oxygens (including phenoxy) is 2. The Bertz CT molecular complexity index is 847. The van der Waals surface area contributed by atoms with E-state index in [2.05, 4.69) is 10.2 Å². The van der Waals surface area contributed by atoms with Crippen molar-refractivity contribution in [3.05, 3.63) is 28.2 Å². The molecule has 0 atom stereocenters. The molecule has 3 aromatic rings. The SMILES string of the molecule is Cc1[nH]nc2oc(=O)c3cc4c(cc3c12)OCO4. The molecule has 0 aliphatic carbocycles. The average Bonchev–Trinajstić information content (AvgIpc) is 2.94. The summed E-state index contributed by atoms with van der Waals surface area (Å²) in [5.41, 5.74) is 0.726. The van der Waals surface area contributed by atoms with Crippen molar-refractivity contribution in [3.8, 4) is 11.5 Å². The largest absolute Gasteiger partial charge is 0.454 e. The third kappa shape index (κ3) is 1.07. The number of nitrogens with zero attached hydrogens (tertiary/aromatic N) is 1. The van der Waals surface area contributed by atoms with Gasteiger partial charge in [-0.05, 0) is 19.1 Å². The van der Waals surface area contributed by atoms with Gasteiger partial charge in [0.05, 0.1) is 10.8 Å². The van der Waals surface area contributed by atoms with E-state index in [4.69, 9.17) is 13.9 Å². The van der Waals surface area contributed by atoms with E-state index in [0.717, 1.165) is 16.5 Å². The van der Waals surface area contributed by atoms with Crippen molar-refractivity contribution in [1.82, 2.24) is 10.2 Å². The number of aromatic amines is 1. The molecular weight excluding hydrogens is 236 g/mol. The Morgan fingerprint density at radius 1 is 1.22 bits per heavy atom. The zero-order valence-electron chi connectivity index (χ0n) is 9.44. The lowest BCUT2D eigenvalue weighted by molar-refractivity contribution is 0.174.